The molecule has 5 heteroatoms. The Hall–Kier alpha value is -3.05. The predicted octanol–water partition coefficient (Wildman–Crippen LogP) is 4.53. The van der Waals surface area contributed by atoms with Crippen LogP contribution in [0.4, 0.5) is 5.13 Å². The molecule has 0 saturated heterocycles. The Morgan fingerprint density at radius 1 is 0.880 bits per heavy atom. The molecule has 0 saturated carbocycles. The maximum absolute atomic E-state index is 12.2. The van der Waals surface area contributed by atoms with Crippen molar-refractivity contribution in [2.45, 2.75) is 6.42 Å². The zero-order valence-electron chi connectivity index (χ0n) is 13.3. The first-order valence-corrected chi connectivity index (χ1v) is 8.77. The van der Waals surface area contributed by atoms with Crippen LogP contribution in [0, 0.1) is 0 Å². The summed E-state index contributed by atoms with van der Waals surface area (Å²) < 4.78 is 0. The highest BCUT2D eigenvalue weighted by Gasteiger charge is 2.11. The van der Waals surface area contributed by atoms with Crippen LogP contribution in [0.1, 0.15) is 20.9 Å². The van der Waals surface area contributed by atoms with Crippen LogP contribution in [-0.4, -0.2) is 16.1 Å². The highest BCUT2D eigenvalue weighted by atomic mass is 32.1. The van der Waals surface area contributed by atoms with Crippen molar-refractivity contribution in [1.82, 2.24) is 10.2 Å². The summed E-state index contributed by atoms with van der Waals surface area (Å²) in [6.45, 7) is 0. The molecule has 0 aliphatic heterocycles. The molecule has 1 N–H and O–H groups in total. The Kier molecular flexibility index (Phi) is 4.23. The second-order valence-electron chi connectivity index (χ2n) is 5.64. The van der Waals surface area contributed by atoms with E-state index < -0.39 is 0 Å². The number of benzene rings is 3. The molecule has 0 bridgehead atoms. The summed E-state index contributed by atoms with van der Waals surface area (Å²) >= 11 is 1.41. The van der Waals surface area contributed by atoms with Crippen molar-refractivity contribution in [3.8, 4) is 0 Å². The SMILES string of the molecule is O=C(Nc1nnc(Cc2cccc3ccccc23)s1)c1ccccc1. The average Bonchev–Trinajstić information content (AvgIpc) is 3.09. The summed E-state index contributed by atoms with van der Waals surface area (Å²) in [7, 11) is 0. The van der Waals surface area contributed by atoms with E-state index >= 15 is 0 Å². The zero-order chi connectivity index (χ0) is 17.1. The van der Waals surface area contributed by atoms with Crippen LogP contribution in [0.25, 0.3) is 10.8 Å². The molecule has 25 heavy (non-hydrogen) atoms. The Morgan fingerprint density at radius 3 is 2.52 bits per heavy atom. The summed E-state index contributed by atoms with van der Waals surface area (Å²) in [5, 5.41) is 14.9. The van der Waals surface area contributed by atoms with Gasteiger partial charge in [0.05, 0.1) is 0 Å². The van der Waals surface area contributed by atoms with Crippen LogP contribution in [0.5, 0.6) is 0 Å². The van der Waals surface area contributed by atoms with Gasteiger partial charge < -0.3 is 0 Å². The standard InChI is InChI=1S/C20H15N3OS/c24-19(15-8-2-1-3-9-15)21-20-23-22-18(25-20)13-16-11-6-10-14-7-4-5-12-17(14)16/h1-12H,13H2,(H,21,23,24). The minimum absolute atomic E-state index is 0.173. The van der Waals surface area contributed by atoms with Crippen molar-refractivity contribution < 1.29 is 4.79 Å². The lowest BCUT2D eigenvalue weighted by molar-refractivity contribution is 0.102. The molecule has 0 fully saturated rings. The number of carbonyl (C=O) groups excluding carboxylic acids is 1. The topological polar surface area (TPSA) is 54.9 Å². The number of nitrogens with zero attached hydrogens (tertiary/aromatic N) is 2. The molecule has 0 atom stereocenters. The molecule has 0 aliphatic rings. The third-order valence-corrected chi connectivity index (χ3v) is 4.78. The lowest BCUT2D eigenvalue weighted by atomic mass is 10.0. The Morgan fingerprint density at radius 2 is 1.64 bits per heavy atom. The third kappa shape index (κ3) is 3.41. The van der Waals surface area contributed by atoms with Crippen molar-refractivity contribution in [2.24, 2.45) is 0 Å². The highest BCUT2D eigenvalue weighted by Crippen LogP contribution is 2.24. The summed E-state index contributed by atoms with van der Waals surface area (Å²) in [6.07, 6.45) is 0.695. The average molecular weight is 345 g/mol. The summed E-state index contributed by atoms with van der Waals surface area (Å²) in [6, 6.07) is 23.6. The van der Waals surface area contributed by atoms with Gasteiger partial charge in [0.2, 0.25) is 5.13 Å². The summed E-state index contributed by atoms with van der Waals surface area (Å²) in [5.41, 5.74) is 1.81. The predicted molar refractivity (Wildman–Crippen MR) is 101 cm³/mol. The van der Waals surface area contributed by atoms with Crippen molar-refractivity contribution in [3.05, 3.63) is 88.9 Å². The normalized spacial score (nSPS) is 10.7. The quantitative estimate of drug-likeness (QED) is 0.591. The minimum Gasteiger partial charge on any atom is -0.296 e. The first-order valence-electron chi connectivity index (χ1n) is 7.95. The van der Waals surface area contributed by atoms with Crippen LogP contribution in [-0.2, 0) is 6.42 Å². The molecule has 1 heterocycles. The Bertz CT molecular complexity index is 1020. The van der Waals surface area contributed by atoms with Crippen LogP contribution < -0.4 is 5.32 Å². The van der Waals surface area contributed by atoms with Crippen LogP contribution in [0.15, 0.2) is 72.8 Å². The van der Waals surface area contributed by atoms with E-state index in [0.29, 0.717) is 17.1 Å². The number of rotatable bonds is 4. The van der Waals surface area contributed by atoms with Gasteiger partial charge in [-0.05, 0) is 28.5 Å². The van der Waals surface area contributed by atoms with Gasteiger partial charge in [0.15, 0.2) is 0 Å². The van der Waals surface area contributed by atoms with Crippen molar-refractivity contribution in [1.29, 1.82) is 0 Å². The van der Waals surface area contributed by atoms with Gasteiger partial charge in [-0.2, -0.15) is 0 Å². The largest absolute Gasteiger partial charge is 0.296 e. The van der Waals surface area contributed by atoms with E-state index in [4.69, 9.17) is 0 Å². The number of hydrogen-bond donors (Lipinski definition) is 1. The van der Waals surface area contributed by atoms with Crippen molar-refractivity contribution in [2.75, 3.05) is 5.32 Å². The molecular weight excluding hydrogens is 330 g/mol. The van der Waals surface area contributed by atoms with Gasteiger partial charge in [-0.1, -0.05) is 72.0 Å². The first-order chi connectivity index (χ1) is 12.3. The molecule has 4 rings (SSSR count). The van der Waals surface area contributed by atoms with Gasteiger partial charge in [-0.3, -0.25) is 10.1 Å². The highest BCUT2D eigenvalue weighted by molar-refractivity contribution is 7.15. The second kappa shape index (κ2) is 6.83. The summed E-state index contributed by atoms with van der Waals surface area (Å²) in [5.74, 6) is -0.173. The van der Waals surface area contributed by atoms with E-state index in [1.54, 1.807) is 12.1 Å². The molecule has 0 spiro atoms. The van der Waals surface area contributed by atoms with E-state index in [0.717, 1.165) is 5.01 Å². The second-order valence-corrected chi connectivity index (χ2v) is 6.70. The smallest absolute Gasteiger partial charge is 0.257 e. The molecule has 1 amide bonds. The van der Waals surface area contributed by atoms with Gasteiger partial charge in [-0.15, -0.1) is 10.2 Å². The van der Waals surface area contributed by atoms with Gasteiger partial charge >= 0.3 is 0 Å². The van der Waals surface area contributed by atoms with Crippen molar-refractivity contribution in [3.63, 3.8) is 0 Å². The molecule has 4 nitrogen and oxygen atoms in total. The number of aromatic nitrogens is 2. The molecule has 3 aromatic carbocycles. The fraction of sp³-hybridized carbons (Fsp3) is 0.0500. The molecule has 0 aliphatic carbocycles. The van der Waals surface area contributed by atoms with Crippen LogP contribution in [0.2, 0.25) is 0 Å². The minimum atomic E-state index is -0.173. The van der Waals surface area contributed by atoms with E-state index in [1.165, 1.54) is 27.7 Å². The van der Waals surface area contributed by atoms with Gasteiger partial charge in [0, 0.05) is 12.0 Å². The number of nitrogens with one attached hydrogen (secondary N) is 1. The van der Waals surface area contributed by atoms with Crippen molar-refractivity contribution >= 4 is 33.1 Å². The molecular formula is C20H15N3OS. The maximum Gasteiger partial charge on any atom is 0.257 e. The fourth-order valence-corrected chi connectivity index (χ4v) is 3.50. The molecule has 4 aromatic rings. The monoisotopic (exact) mass is 345 g/mol. The van der Waals surface area contributed by atoms with Gasteiger partial charge in [-0.25, -0.2) is 0 Å². The molecule has 0 unspecified atom stereocenters. The van der Waals surface area contributed by atoms with E-state index in [2.05, 4.69) is 45.8 Å². The lowest BCUT2D eigenvalue weighted by Crippen LogP contribution is -2.11. The summed E-state index contributed by atoms with van der Waals surface area (Å²) in [4.78, 5) is 12.2. The molecule has 0 radical (unpaired) electrons. The van der Waals surface area contributed by atoms with Gasteiger partial charge in [0.1, 0.15) is 5.01 Å². The maximum atomic E-state index is 12.2. The first kappa shape index (κ1) is 15.5. The lowest BCUT2D eigenvalue weighted by Gasteiger charge is -2.04. The number of amides is 1. The number of hydrogen-bond acceptors (Lipinski definition) is 4. The van der Waals surface area contributed by atoms with Gasteiger partial charge in [0.25, 0.3) is 5.91 Å². The zero-order valence-corrected chi connectivity index (χ0v) is 14.2. The Labute approximate surface area is 149 Å². The Balaban J connectivity index is 1.52. The van der Waals surface area contributed by atoms with Crippen LogP contribution in [0.3, 0.4) is 0 Å². The molecule has 122 valence electrons. The van der Waals surface area contributed by atoms with Crippen LogP contribution >= 0.6 is 11.3 Å². The number of carbonyl (C=O) groups is 1. The third-order valence-electron chi connectivity index (χ3n) is 3.94. The fourth-order valence-electron chi connectivity index (χ4n) is 2.74. The van der Waals surface area contributed by atoms with E-state index in [-0.39, 0.29) is 5.91 Å². The van der Waals surface area contributed by atoms with E-state index in [1.807, 2.05) is 30.3 Å². The number of anilines is 1. The van der Waals surface area contributed by atoms with E-state index in [9.17, 15) is 4.79 Å². The number of fused-ring (bicyclic) bond motifs is 1. The molecule has 1 aromatic heterocycles.